The van der Waals surface area contributed by atoms with Crippen LogP contribution in [0, 0.1) is 0 Å². The molecular weight excluding hydrogens is 472 g/mol. The molecule has 8 nitrogen and oxygen atoms in total. The number of rotatable bonds is 5. The van der Waals surface area contributed by atoms with Gasteiger partial charge in [-0.1, -0.05) is 12.1 Å². The molecule has 1 aliphatic heterocycles. The first-order valence-corrected chi connectivity index (χ1v) is 12.7. The number of urea groups is 1. The van der Waals surface area contributed by atoms with E-state index < -0.39 is 17.5 Å². The Balaban J connectivity index is 1.11. The van der Waals surface area contributed by atoms with Crippen LogP contribution in [0.5, 0.6) is 0 Å². The van der Waals surface area contributed by atoms with E-state index in [1.807, 2.05) is 41.8 Å². The molecule has 1 spiro atoms. The van der Waals surface area contributed by atoms with Crippen molar-refractivity contribution >= 4 is 50.7 Å². The predicted molar refractivity (Wildman–Crippen MR) is 128 cm³/mol. The Morgan fingerprint density at radius 3 is 2.97 bits per heavy atom. The number of amides is 4. The molecule has 2 N–H and O–H groups in total. The number of furan rings is 1. The molecule has 0 unspecified atom stereocenters. The Hall–Kier alpha value is -3.50. The molecule has 1 atom stereocenters. The Labute approximate surface area is 202 Å². The third-order valence-electron chi connectivity index (χ3n) is 6.26. The number of aromatic nitrogens is 1. The molecule has 10 heteroatoms. The third-order valence-corrected chi connectivity index (χ3v) is 8.30. The van der Waals surface area contributed by atoms with E-state index in [1.54, 1.807) is 17.4 Å². The highest BCUT2D eigenvalue weighted by molar-refractivity contribution is 7.21. The fourth-order valence-electron chi connectivity index (χ4n) is 4.64. The van der Waals surface area contributed by atoms with Crippen LogP contribution in [0.15, 0.2) is 52.3 Å². The second-order valence-corrected chi connectivity index (χ2v) is 10.4. The molecule has 1 aromatic carbocycles. The van der Waals surface area contributed by atoms with Crippen molar-refractivity contribution in [2.45, 2.75) is 31.3 Å². The van der Waals surface area contributed by atoms with Crippen molar-refractivity contribution in [1.29, 1.82) is 0 Å². The molecule has 0 saturated carbocycles. The van der Waals surface area contributed by atoms with Gasteiger partial charge in [0.15, 0.2) is 10.8 Å². The zero-order valence-corrected chi connectivity index (χ0v) is 19.6. The van der Waals surface area contributed by atoms with Crippen LogP contribution < -0.4 is 10.6 Å². The van der Waals surface area contributed by atoms with Gasteiger partial charge in [-0.05, 0) is 55.0 Å². The van der Waals surface area contributed by atoms with Gasteiger partial charge >= 0.3 is 6.03 Å². The average Bonchev–Trinajstić information content (AvgIpc) is 3.61. The van der Waals surface area contributed by atoms with E-state index in [1.165, 1.54) is 11.3 Å². The maximum Gasteiger partial charge on any atom is 0.325 e. The SMILES string of the molecule is O=C(CN1C(=O)N[C@]2(CCCc3sccc32)C1=O)NCc1ccc(-c2nc3ccccc3s2)o1. The minimum atomic E-state index is -1.04. The van der Waals surface area contributed by atoms with E-state index >= 15 is 0 Å². The van der Waals surface area contributed by atoms with Crippen molar-refractivity contribution < 1.29 is 18.8 Å². The number of aryl methyl sites for hydroxylation is 1. The number of nitrogens with zero attached hydrogens (tertiary/aromatic N) is 2. The van der Waals surface area contributed by atoms with Crippen molar-refractivity contribution in [2.24, 2.45) is 0 Å². The van der Waals surface area contributed by atoms with Gasteiger partial charge in [0.25, 0.3) is 5.91 Å². The first-order chi connectivity index (χ1) is 16.5. The van der Waals surface area contributed by atoms with Gasteiger partial charge in [0.2, 0.25) is 5.91 Å². The van der Waals surface area contributed by atoms with Gasteiger partial charge in [0.05, 0.1) is 16.8 Å². The largest absolute Gasteiger partial charge is 0.457 e. The lowest BCUT2D eigenvalue weighted by Gasteiger charge is -2.31. The van der Waals surface area contributed by atoms with Crippen LogP contribution in [-0.4, -0.2) is 34.3 Å². The van der Waals surface area contributed by atoms with E-state index in [4.69, 9.17) is 4.42 Å². The summed E-state index contributed by atoms with van der Waals surface area (Å²) in [7, 11) is 0. The molecule has 1 fully saturated rings. The summed E-state index contributed by atoms with van der Waals surface area (Å²) in [6.45, 7) is -0.190. The lowest BCUT2D eigenvalue weighted by atomic mass is 9.80. The number of nitrogens with one attached hydrogen (secondary N) is 2. The van der Waals surface area contributed by atoms with E-state index in [9.17, 15) is 14.4 Å². The van der Waals surface area contributed by atoms with Crippen LogP contribution in [0.3, 0.4) is 0 Å². The number of hydrogen-bond acceptors (Lipinski definition) is 7. The quantitative estimate of drug-likeness (QED) is 0.410. The van der Waals surface area contributed by atoms with Crippen LogP contribution >= 0.6 is 22.7 Å². The second kappa shape index (κ2) is 8.07. The van der Waals surface area contributed by atoms with Gasteiger partial charge in [-0.25, -0.2) is 9.78 Å². The smallest absolute Gasteiger partial charge is 0.325 e. The normalized spacial score (nSPS) is 19.6. The summed E-state index contributed by atoms with van der Waals surface area (Å²) >= 11 is 3.13. The van der Waals surface area contributed by atoms with Crippen LogP contribution in [0.25, 0.3) is 21.0 Å². The van der Waals surface area contributed by atoms with Crippen molar-refractivity contribution in [3.05, 3.63) is 64.0 Å². The number of imide groups is 1. The van der Waals surface area contributed by atoms with E-state index in [-0.39, 0.29) is 19.0 Å². The number of fused-ring (bicyclic) bond motifs is 3. The first-order valence-electron chi connectivity index (χ1n) is 11.0. The van der Waals surface area contributed by atoms with Gasteiger partial charge in [-0.15, -0.1) is 22.7 Å². The number of benzene rings is 1. The lowest BCUT2D eigenvalue weighted by Crippen LogP contribution is -2.46. The van der Waals surface area contributed by atoms with Crippen molar-refractivity contribution in [2.75, 3.05) is 6.54 Å². The average molecular weight is 493 g/mol. The summed E-state index contributed by atoms with van der Waals surface area (Å²) in [5.41, 5.74) is 0.730. The maximum atomic E-state index is 13.2. The van der Waals surface area contributed by atoms with Crippen molar-refractivity contribution in [3.63, 3.8) is 0 Å². The molecule has 4 heterocycles. The van der Waals surface area contributed by atoms with E-state index in [0.717, 1.165) is 43.4 Å². The standard InChI is InChI=1S/C24H20N4O4S2/c29-20(13-28-22(30)24(27-23(28)31)10-3-6-18-15(24)9-11-33-18)25-12-14-7-8-17(32-14)21-26-16-4-1-2-5-19(16)34-21/h1-2,4-5,7-9,11H,3,6,10,12-13H2,(H,25,29)(H,27,31)/t24-/m0/s1. The van der Waals surface area contributed by atoms with Gasteiger partial charge in [-0.2, -0.15) is 0 Å². The zero-order chi connectivity index (χ0) is 23.3. The van der Waals surface area contributed by atoms with E-state index in [2.05, 4.69) is 15.6 Å². The first kappa shape index (κ1) is 21.1. The second-order valence-electron chi connectivity index (χ2n) is 8.37. The monoisotopic (exact) mass is 492 g/mol. The lowest BCUT2D eigenvalue weighted by molar-refractivity contribution is -0.135. The summed E-state index contributed by atoms with van der Waals surface area (Å²) in [5.74, 6) is 0.403. The number of hydrogen-bond donors (Lipinski definition) is 2. The number of para-hydroxylation sites is 1. The molecule has 3 aromatic heterocycles. The van der Waals surface area contributed by atoms with E-state index in [0.29, 0.717) is 17.9 Å². The predicted octanol–water partition coefficient (Wildman–Crippen LogP) is 4.02. The molecule has 0 radical (unpaired) electrons. The zero-order valence-electron chi connectivity index (χ0n) is 18.0. The van der Waals surface area contributed by atoms with Crippen molar-refractivity contribution in [1.82, 2.24) is 20.5 Å². The Bertz CT molecular complexity index is 1400. The highest BCUT2D eigenvalue weighted by Crippen LogP contribution is 2.42. The maximum absolute atomic E-state index is 13.2. The van der Waals surface area contributed by atoms with Gasteiger partial charge in [0.1, 0.15) is 17.8 Å². The summed E-state index contributed by atoms with van der Waals surface area (Å²) in [6, 6.07) is 12.8. The molecular formula is C24H20N4O4S2. The number of thiazole rings is 1. The summed E-state index contributed by atoms with van der Waals surface area (Å²) in [4.78, 5) is 45.2. The van der Waals surface area contributed by atoms with Crippen LogP contribution in [-0.2, 0) is 28.1 Å². The summed E-state index contributed by atoms with van der Waals surface area (Å²) in [6.07, 6.45) is 2.26. The van der Waals surface area contributed by atoms with Crippen LogP contribution in [0.1, 0.15) is 29.0 Å². The molecule has 2 aliphatic rings. The molecule has 172 valence electrons. The Morgan fingerprint density at radius 2 is 2.09 bits per heavy atom. The van der Waals surface area contributed by atoms with Crippen LogP contribution in [0.4, 0.5) is 4.79 Å². The highest BCUT2D eigenvalue weighted by Gasteiger charge is 2.54. The minimum Gasteiger partial charge on any atom is -0.457 e. The topological polar surface area (TPSA) is 105 Å². The molecule has 0 bridgehead atoms. The number of thiophene rings is 1. The van der Waals surface area contributed by atoms with Gasteiger partial charge < -0.3 is 15.1 Å². The summed E-state index contributed by atoms with van der Waals surface area (Å²) < 4.78 is 6.93. The number of carbonyl (C=O) groups is 3. The fourth-order valence-corrected chi connectivity index (χ4v) is 6.56. The minimum absolute atomic E-state index is 0.146. The molecule has 4 aromatic rings. The van der Waals surface area contributed by atoms with Gasteiger partial charge in [-0.3, -0.25) is 14.5 Å². The molecule has 1 saturated heterocycles. The highest BCUT2D eigenvalue weighted by atomic mass is 32.1. The molecule has 34 heavy (non-hydrogen) atoms. The fraction of sp³-hybridized carbons (Fsp3) is 0.250. The van der Waals surface area contributed by atoms with Crippen LogP contribution in [0.2, 0.25) is 0 Å². The summed E-state index contributed by atoms with van der Waals surface area (Å²) in [5, 5.41) is 8.32. The Morgan fingerprint density at radius 1 is 1.21 bits per heavy atom. The molecule has 4 amide bonds. The number of carbonyl (C=O) groups excluding carboxylic acids is 3. The van der Waals surface area contributed by atoms with Crippen molar-refractivity contribution in [3.8, 4) is 10.8 Å². The molecule has 1 aliphatic carbocycles. The molecule has 6 rings (SSSR count). The third kappa shape index (κ3) is 3.41. The Kier molecular flexibility index (Phi) is 5.00. The van der Waals surface area contributed by atoms with Gasteiger partial charge in [0, 0.05) is 10.4 Å².